The van der Waals surface area contributed by atoms with Crippen LogP contribution in [0.4, 0.5) is 4.39 Å². The first-order valence-electron chi connectivity index (χ1n) is 11.8. The summed E-state index contributed by atoms with van der Waals surface area (Å²) < 4.78 is 43.5. The minimum Gasteiger partial charge on any atom is -0.507 e. The van der Waals surface area contributed by atoms with Crippen molar-refractivity contribution in [3.05, 3.63) is 76.6 Å². The highest BCUT2D eigenvalue weighted by Gasteiger charge is 2.59. The number of benzene rings is 2. The molecule has 1 heterocycles. The van der Waals surface area contributed by atoms with E-state index in [1.165, 1.54) is 29.8 Å². The van der Waals surface area contributed by atoms with Crippen LogP contribution in [0.2, 0.25) is 0 Å². The summed E-state index contributed by atoms with van der Waals surface area (Å²) in [7, 11) is -3.48. The molecule has 1 aliphatic heterocycles. The number of rotatable bonds is 5. The summed E-state index contributed by atoms with van der Waals surface area (Å²) in [6, 6.07) is 10.9. The summed E-state index contributed by atoms with van der Waals surface area (Å²) in [4.78, 5) is 12.5. The number of halogens is 1. The van der Waals surface area contributed by atoms with E-state index in [4.69, 9.17) is 0 Å². The fourth-order valence-electron chi connectivity index (χ4n) is 6.02. The second-order valence-electron chi connectivity index (χ2n) is 9.74. The standard InChI is InChI=1S/C26H29FN2O4S/c1-2-11-29-16-26(28-34(29,32)33)21-7-8-22(26)14-20-12-19(4-3-18(20)13-21)25(31)15-24(30)17-5-9-23(27)10-6-17/h3-6,9-10,12,15,21-22,28,31H,2,7-8,11,13-14,16H2,1H3/b25-15-/t21-,22+,26-/m1/s1. The zero-order valence-corrected chi connectivity index (χ0v) is 19.9. The number of allylic oxidation sites excluding steroid dienone is 1. The number of aliphatic hydroxyl groups is 1. The van der Waals surface area contributed by atoms with E-state index in [0.29, 0.717) is 24.2 Å². The molecular weight excluding hydrogens is 455 g/mol. The average Bonchev–Trinajstić information content (AvgIpc) is 3.19. The van der Waals surface area contributed by atoms with Crippen LogP contribution < -0.4 is 4.72 Å². The second-order valence-corrected chi connectivity index (χ2v) is 11.4. The summed E-state index contributed by atoms with van der Waals surface area (Å²) in [5.74, 6) is -0.563. The van der Waals surface area contributed by atoms with Gasteiger partial charge in [0, 0.05) is 30.3 Å². The van der Waals surface area contributed by atoms with E-state index < -0.39 is 27.3 Å². The number of nitrogens with one attached hydrogen (secondary N) is 1. The molecule has 8 heteroatoms. The first-order valence-corrected chi connectivity index (χ1v) is 13.3. The van der Waals surface area contributed by atoms with E-state index >= 15 is 0 Å². The molecule has 2 fully saturated rings. The molecule has 1 saturated carbocycles. The highest BCUT2D eigenvalue weighted by Crippen LogP contribution is 2.50. The number of hydrogen-bond donors (Lipinski definition) is 2. The number of nitrogens with zero attached hydrogens (tertiary/aromatic N) is 1. The van der Waals surface area contributed by atoms with E-state index in [1.54, 1.807) is 10.4 Å². The molecule has 1 saturated heterocycles. The zero-order valence-electron chi connectivity index (χ0n) is 19.1. The molecule has 2 aliphatic carbocycles. The molecule has 1 spiro atoms. The molecule has 3 aliphatic rings. The van der Waals surface area contributed by atoms with Gasteiger partial charge in [0.25, 0.3) is 10.2 Å². The van der Waals surface area contributed by atoms with Crippen LogP contribution in [-0.4, -0.2) is 42.2 Å². The van der Waals surface area contributed by atoms with Gasteiger partial charge in [-0.1, -0.05) is 19.1 Å². The Morgan fingerprint density at radius 1 is 1.12 bits per heavy atom. The molecule has 2 aromatic carbocycles. The molecule has 0 radical (unpaired) electrons. The van der Waals surface area contributed by atoms with Crippen LogP contribution in [0, 0.1) is 17.7 Å². The topological polar surface area (TPSA) is 86.7 Å². The molecule has 2 N–H and O–H groups in total. The first kappa shape index (κ1) is 23.2. The molecule has 2 bridgehead atoms. The van der Waals surface area contributed by atoms with Crippen LogP contribution in [0.5, 0.6) is 0 Å². The van der Waals surface area contributed by atoms with Crippen molar-refractivity contribution < 1.29 is 22.7 Å². The van der Waals surface area contributed by atoms with Crippen molar-refractivity contribution in [2.45, 2.75) is 44.6 Å². The maximum Gasteiger partial charge on any atom is 0.280 e. The molecule has 180 valence electrons. The minimum atomic E-state index is -3.48. The van der Waals surface area contributed by atoms with Gasteiger partial charge in [-0.15, -0.1) is 0 Å². The largest absolute Gasteiger partial charge is 0.507 e. The number of carbonyl (C=O) groups excluding carboxylic acids is 1. The Morgan fingerprint density at radius 2 is 1.76 bits per heavy atom. The Balaban J connectivity index is 1.41. The highest BCUT2D eigenvalue weighted by atomic mass is 32.2. The van der Waals surface area contributed by atoms with Crippen molar-refractivity contribution in [3.63, 3.8) is 0 Å². The molecule has 6 nitrogen and oxygen atoms in total. The van der Waals surface area contributed by atoms with Gasteiger partial charge >= 0.3 is 0 Å². The Bertz CT molecular complexity index is 1260. The van der Waals surface area contributed by atoms with Gasteiger partial charge in [-0.05, 0) is 85.4 Å². The molecule has 0 amide bonds. The normalized spacial score (nSPS) is 28.1. The molecule has 0 aromatic heterocycles. The Labute approximate surface area is 199 Å². The summed E-state index contributed by atoms with van der Waals surface area (Å²) >= 11 is 0. The molecule has 0 unspecified atom stereocenters. The quantitative estimate of drug-likeness (QED) is 0.381. The number of carbonyl (C=O) groups is 1. The smallest absolute Gasteiger partial charge is 0.280 e. The summed E-state index contributed by atoms with van der Waals surface area (Å²) in [6.45, 7) is 3.02. The third-order valence-corrected chi connectivity index (χ3v) is 9.35. The fourth-order valence-corrected chi connectivity index (χ4v) is 7.83. The summed E-state index contributed by atoms with van der Waals surface area (Å²) in [5, 5.41) is 10.6. The lowest BCUT2D eigenvalue weighted by molar-refractivity contribution is 0.104. The van der Waals surface area contributed by atoms with Gasteiger partial charge in [0.15, 0.2) is 5.78 Å². The Kier molecular flexibility index (Phi) is 5.86. The lowest BCUT2D eigenvalue weighted by Gasteiger charge is -2.33. The van der Waals surface area contributed by atoms with Crippen molar-refractivity contribution in [3.8, 4) is 0 Å². The number of ketones is 1. The van der Waals surface area contributed by atoms with Crippen molar-refractivity contribution >= 4 is 21.8 Å². The second kappa shape index (κ2) is 8.59. The van der Waals surface area contributed by atoms with E-state index in [1.807, 2.05) is 19.1 Å². The molecule has 34 heavy (non-hydrogen) atoms. The van der Waals surface area contributed by atoms with E-state index in [-0.39, 0.29) is 17.6 Å². The van der Waals surface area contributed by atoms with Crippen LogP contribution in [0.15, 0.2) is 48.5 Å². The SMILES string of the molecule is CCCN1C[C@@]2(NS1(=O)=O)[C@@H]1CC[C@H]2Cc2cc(/C(O)=C/C(=O)c3ccc(F)cc3)ccc2C1. The Hall–Kier alpha value is -2.55. The van der Waals surface area contributed by atoms with Gasteiger partial charge in [-0.25, -0.2) is 4.39 Å². The highest BCUT2D eigenvalue weighted by molar-refractivity contribution is 7.87. The maximum atomic E-state index is 13.1. The molecule has 5 rings (SSSR count). The van der Waals surface area contributed by atoms with Gasteiger partial charge < -0.3 is 5.11 Å². The van der Waals surface area contributed by atoms with Crippen LogP contribution in [0.3, 0.4) is 0 Å². The van der Waals surface area contributed by atoms with Crippen molar-refractivity contribution in [1.29, 1.82) is 0 Å². The van der Waals surface area contributed by atoms with Gasteiger partial charge in [0.2, 0.25) is 0 Å². The van der Waals surface area contributed by atoms with Crippen LogP contribution in [0.1, 0.15) is 53.2 Å². The van der Waals surface area contributed by atoms with Crippen molar-refractivity contribution in [2.24, 2.45) is 11.8 Å². The fraction of sp³-hybridized carbons (Fsp3) is 0.423. The first-order chi connectivity index (χ1) is 16.2. The van der Waals surface area contributed by atoms with Crippen molar-refractivity contribution in [1.82, 2.24) is 9.03 Å². The molecule has 3 atom stereocenters. The number of fused-ring (bicyclic) bond motifs is 1. The van der Waals surface area contributed by atoms with Gasteiger partial charge in [0.1, 0.15) is 11.6 Å². The third-order valence-electron chi connectivity index (χ3n) is 7.72. The summed E-state index contributed by atoms with van der Waals surface area (Å²) in [5.41, 5.74) is 2.64. The Morgan fingerprint density at radius 3 is 2.44 bits per heavy atom. The van der Waals surface area contributed by atoms with E-state index in [9.17, 15) is 22.7 Å². The van der Waals surface area contributed by atoms with Gasteiger partial charge in [-0.2, -0.15) is 17.4 Å². The zero-order chi connectivity index (χ0) is 24.1. The minimum absolute atomic E-state index is 0.142. The predicted octanol–water partition coefficient (Wildman–Crippen LogP) is 4.03. The van der Waals surface area contributed by atoms with E-state index in [2.05, 4.69) is 4.72 Å². The van der Waals surface area contributed by atoms with Crippen LogP contribution in [-0.2, 0) is 23.1 Å². The van der Waals surface area contributed by atoms with Crippen molar-refractivity contribution in [2.75, 3.05) is 13.1 Å². The van der Waals surface area contributed by atoms with Gasteiger partial charge in [0.05, 0.1) is 5.54 Å². The lowest BCUT2D eigenvalue weighted by Crippen LogP contribution is -2.52. The third kappa shape index (κ3) is 3.97. The average molecular weight is 485 g/mol. The number of hydrogen-bond acceptors (Lipinski definition) is 4. The van der Waals surface area contributed by atoms with Crippen LogP contribution in [0.25, 0.3) is 5.76 Å². The van der Waals surface area contributed by atoms with Gasteiger partial charge in [-0.3, -0.25) is 4.79 Å². The van der Waals surface area contributed by atoms with E-state index in [0.717, 1.165) is 43.7 Å². The summed E-state index contributed by atoms with van der Waals surface area (Å²) in [6.07, 6.45) is 5.40. The monoisotopic (exact) mass is 484 g/mol. The number of aliphatic hydroxyl groups excluding tert-OH is 1. The molecule has 2 aromatic rings. The molecular formula is C26H29FN2O4S. The predicted molar refractivity (Wildman–Crippen MR) is 128 cm³/mol. The lowest BCUT2D eigenvalue weighted by atomic mass is 9.79. The maximum absolute atomic E-state index is 13.1. The van der Waals surface area contributed by atoms with Crippen LogP contribution >= 0.6 is 0 Å².